The second-order valence-electron chi connectivity index (χ2n) is 4.46. The molecule has 0 aliphatic heterocycles. The number of hydrogen-bond acceptors (Lipinski definition) is 3. The maximum atomic E-state index is 11.6. The van der Waals surface area contributed by atoms with E-state index < -0.39 is 11.9 Å². The number of carboxylic acid groups (broad SMARTS) is 1. The van der Waals surface area contributed by atoms with Crippen molar-refractivity contribution in [3.05, 3.63) is 29.8 Å². The van der Waals surface area contributed by atoms with Crippen molar-refractivity contribution in [1.82, 2.24) is 4.90 Å². The van der Waals surface area contributed by atoms with Crippen LogP contribution in [0.25, 0.3) is 0 Å². The first kappa shape index (κ1) is 15.0. The van der Waals surface area contributed by atoms with Gasteiger partial charge in [0.1, 0.15) is 5.75 Å². The van der Waals surface area contributed by atoms with Crippen molar-refractivity contribution in [2.75, 3.05) is 21.2 Å². The molecule has 0 heterocycles. The van der Waals surface area contributed by atoms with Crippen LogP contribution in [0, 0.1) is 0 Å². The molecule has 5 nitrogen and oxygen atoms in total. The molecule has 1 amide bonds. The van der Waals surface area contributed by atoms with E-state index in [9.17, 15) is 14.7 Å². The summed E-state index contributed by atoms with van der Waals surface area (Å²) < 4.78 is 5.17. The van der Waals surface area contributed by atoms with E-state index in [1.165, 1.54) is 12.0 Å². The molecule has 0 bridgehead atoms. The predicted octanol–water partition coefficient (Wildman–Crippen LogP) is 1.73. The van der Waals surface area contributed by atoms with Crippen molar-refractivity contribution in [1.29, 1.82) is 0 Å². The maximum Gasteiger partial charge on any atom is 0.311 e. The van der Waals surface area contributed by atoms with Crippen molar-refractivity contribution in [2.24, 2.45) is 0 Å². The van der Waals surface area contributed by atoms with Crippen molar-refractivity contribution >= 4 is 11.9 Å². The first-order valence-corrected chi connectivity index (χ1v) is 6.03. The molecule has 0 aromatic heterocycles. The molecule has 1 N–H and O–H groups in total. The summed E-state index contributed by atoms with van der Waals surface area (Å²) in [6, 6.07) is 6.99. The maximum absolute atomic E-state index is 11.6. The van der Waals surface area contributed by atoms with Gasteiger partial charge in [-0.2, -0.15) is 0 Å². The van der Waals surface area contributed by atoms with Gasteiger partial charge < -0.3 is 14.7 Å². The minimum Gasteiger partial charge on any atom is -0.496 e. The van der Waals surface area contributed by atoms with Gasteiger partial charge >= 0.3 is 5.97 Å². The Bertz CT molecular complexity index is 457. The summed E-state index contributed by atoms with van der Waals surface area (Å²) in [6.07, 6.45) is 0.453. The average Bonchev–Trinajstić information content (AvgIpc) is 2.38. The lowest BCUT2D eigenvalue weighted by molar-refractivity contribution is -0.139. The SMILES string of the molecule is COc1ccccc1C(CCC(=O)N(C)C)C(=O)O. The fourth-order valence-corrected chi connectivity index (χ4v) is 1.86. The number of aliphatic carboxylic acids is 1. The lowest BCUT2D eigenvalue weighted by Crippen LogP contribution is -2.23. The summed E-state index contributed by atoms with van der Waals surface area (Å²) >= 11 is 0. The number of carboxylic acids is 1. The van der Waals surface area contributed by atoms with Gasteiger partial charge in [-0.3, -0.25) is 9.59 Å². The van der Waals surface area contributed by atoms with E-state index >= 15 is 0 Å². The topological polar surface area (TPSA) is 66.8 Å². The van der Waals surface area contributed by atoms with Gasteiger partial charge in [0.25, 0.3) is 0 Å². The Morgan fingerprint density at radius 3 is 2.47 bits per heavy atom. The lowest BCUT2D eigenvalue weighted by Gasteiger charge is -2.17. The van der Waals surface area contributed by atoms with Gasteiger partial charge in [0.2, 0.25) is 5.91 Å². The first-order valence-electron chi connectivity index (χ1n) is 6.03. The van der Waals surface area contributed by atoms with Crippen LogP contribution in [0.1, 0.15) is 24.3 Å². The molecule has 19 heavy (non-hydrogen) atoms. The molecule has 5 heteroatoms. The summed E-state index contributed by atoms with van der Waals surface area (Å²) in [5.74, 6) is -1.23. The van der Waals surface area contributed by atoms with Crippen LogP contribution in [0.5, 0.6) is 5.75 Å². The van der Waals surface area contributed by atoms with E-state index in [-0.39, 0.29) is 18.7 Å². The van der Waals surface area contributed by atoms with E-state index in [4.69, 9.17) is 4.74 Å². The van der Waals surface area contributed by atoms with Gasteiger partial charge in [-0.1, -0.05) is 18.2 Å². The number of hydrogen-bond donors (Lipinski definition) is 1. The van der Waals surface area contributed by atoms with Crippen LogP contribution in [0.4, 0.5) is 0 Å². The third-order valence-electron chi connectivity index (χ3n) is 2.96. The number of methoxy groups -OCH3 is 1. The molecule has 104 valence electrons. The van der Waals surface area contributed by atoms with E-state index in [1.54, 1.807) is 38.4 Å². The summed E-state index contributed by atoms with van der Waals surface area (Å²) in [5, 5.41) is 9.32. The Morgan fingerprint density at radius 1 is 1.32 bits per heavy atom. The van der Waals surface area contributed by atoms with Crippen LogP contribution < -0.4 is 4.74 Å². The molecule has 1 atom stereocenters. The molecule has 0 aliphatic rings. The normalized spacial score (nSPS) is 11.7. The quantitative estimate of drug-likeness (QED) is 0.850. The summed E-state index contributed by atoms with van der Waals surface area (Å²) in [4.78, 5) is 24.4. The monoisotopic (exact) mass is 265 g/mol. The van der Waals surface area contributed by atoms with E-state index in [0.29, 0.717) is 11.3 Å². The molecule has 1 unspecified atom stereocenters. The summed E-state index contributed by atoms with van der Waals surface area (Å²) in [7, 11) is 4.81. The number of carbonyl (C=O) groups excluding carboxylic acids is 1. The van der Waals surface area contributed by atoms with Gasteiger partial charge in [-0.05, 0) is 12.5 Å². The van der Waals surface area contributed by atoms with Gasteiger partial charge in [0.15, 0.2) is 0 Å². The highest BCUT2D eigenvalue weighted by molar-refractivity contribution is 5.80. The number of amides is 1. The van der Waals surface area contributed by atoms with E-state index in [1.807, 2.05) is 0 Å². The van der Waals surface area contributed by atoms with Crippen LogP contribution in [0.3, 0.4) is 0 Å². The van der Waals surface area contributed by atoms with E-state index in [0.717, 1.165) is 0 Å². The Hall–Kier alpha value is -2.04. The summed E-state index contributed by atoms with van der Waals surface area (Å²) in [6.45, 7) is 0. The number of para-hydroxylation sites is 1. The van der Waals surface area contributed by atoms with Crippen LogP contribution in [-0.4, -0.2) is 43.1 Å². The van der Waals surface area contributed by atoms with Gasteiger partial charge in [0.05, 0.1) is 13.0 Å². The smallest absolute Gasteiger partial charge is 0.311 e. The van der Waals surface area contributed by atoms with Crippen LogP contribution in [0.15, 0.2) is 24.3 Å². The fraction of sp³-hybridized carbons (Fsp3) is 0.429. The second-order valence-corrected chi connectivity index (χ2v) is 4.46. The Kier molecular flexibility index (Phi) is 5.36. The standard InChI is InChI=1S/C14H19NO4/c1-15(2)13(16)9-8-11(14(17)18)10-6-4-5-7-12(10)19-3/h4-7,11H,8-9H2,1-3H3,(H,17,18). The molecular weight excluding hydrogens is 246 g/mol. The Labute approximate surface area is 112 Å². The third kappa shape index (κ3) is 3.98. The number of rotatable bonds is 6. The van der Waals surface area contributed by atoms with Crippen molar-refractivity contribution in [2.45, 2.75) is 18.8 Å². The highest BCUT2D eigenvalue weighted by atomic mass is 16.5. The summed E-state index contributed by atoms with van der Waals surface area (Å²) in [5.41, 5.74) is 0.601. The zero-order valence-electron chi connectivity index (χ0n) is 11.4. The number of benzene rings is 1. The zero-order chi connectivity index (χ0) is 14.4. The molecule has 0 radical (unpaired) electrons. The Morgan fingerprint density at radius 2 is 1.95 bits per heavy atom. The number of ether oxygens (including phenoxy) is 1. The number of nitrogens with zero attached hydrogens (tertiary/aromatic N) is 1. The molecule has 1 rings (SSSR count). The molecule has 0 saturated carbocycles. The lowest BCUT2D eigenvalue weighted by atomic mass is 9.93. The molecule has 0 saturated heterocycles. The highest BCUT2D eigenvalue weighted by Gasteiger charge is 2.24. The molecule has 1 aromatic rings. The van der Waals surface area contributed by atoms with Gasteiger partial charge in [-0.25, -0.2) is 0 Å². The molecule has 0 spiro atoms. The third-order valence-corrected chi connectivity index (χ3v) is 2.96. The zero-order valence-corrected chi connectivity index (χ0v) is 11.4. The molecule has 1 aromatic carbocycles. The first-order chi connectivity index (χ1) is 8.97. The molecule has 0 fully saturated rings. The van der Waals surface area contributed by atoms with Crippen molar-refractivity contribution in [3.8, 4) is 5.75 Å². The van der Waals surface area contributed by atoms with Crippen LogP contribution in [0.2, 0.25) is 0 Å². The number of carbonyl (C=O) groups is 2. The minimum atomic E-state index is -0.948. The van der Waals surface area contributed by atoms with Crippen molar-refractivity contribution < 1.29 is 19.4 Å². The second kappa shape index (κ2) is 6.78. The fourth-order valence-electron chi connectivity index (χ4n) is 1.86. The molecule has 0 aliphatic carbocycles. The van der Waals surface area contributed by atoms with Gasteiger partial charge in [-0.15, -0.1) is 0 Å². The average molecular weight is 265 g/mol. The van der Waals surface area contributed by atoms with Crippen molar-refractivity contribution in [3.63, 3.8) is 0 Å². The Balaban J connectivity index is 2.89. The van der Waals surface area contributed by atoms with Gasteiger partial charge in [0, 0.05) is 26.1 Å². The van der Waals surface area contributed by atoms with Crippen LogP contribution in [-0.2, 0) is 9.59 Å². The molecular formula is C14H19NO4. The highest BCUT2D eigenvalue weighted by Crippen LogP contribution is 2.30. The predicted molar refractivity (Wildman–Crippen MR) is 71.3 cm³/mol. The van der Waals surface area contributed by atoms with E-state index in [2.05, 4.69) is 0 Å². The largest absolute Gasteiger partial charge is 0.496 e. The minimum absolute atomic E-state index is 0.0823. The van der Waals surface area contributed by atoms with Crippen LogP contribution >= 0.6 is 0 Å².